The van der Waals surface area contributed by atoms with Gasteiger partial charge in [-0.15, -0.1) is 0 Å². The lowest BCUT2D eigenvalue weighted by atomic mass is 10.1. The summed E-state index contributed by atoms with van der Waals surface area (Å²) in [6, 6.07) is 14.1. The van der Waals surface area contributed by atoms with Gasteiger partial charge in [0.15, 0.2) is 0 Å². The van der Waals surface area contributed by atoms with Crippen molar-refractivity contribution in [3.63, 3.8) is 0 Å². The summed E-state index contributed by atoms with van der Waals surface area (Å²) in [5, 5.41) is 7.42. The maximum absolute atomic E-state index is 12.2. The second-order valence-electron chi connectivity index (χ2n) is 5.47. The van der Waals surface area contributed by atoms with Crippen LogP contribution in [0, 0.1) is 6.92 Å². The molecule has 3 aromatic rings. The Bertz CT molecular complexity index is 859. The van der Waals surface area contributed by atoms with Crippen molar-refractivity contribution < 1.29 is 9.32 Å². The normalized spacial score (nSPS) is 12.0. The molecule has 122 valence electrons. The number of carbonyl (C=O) groups excluding carboxylic acids is 1. The fourth-order valence-corrected chi connectivity index (χ4v) is 2.41. The Morgan fingerprint density at radius 2 is 1.88 bits per heavy atom. The van der Waals surface area contributed by atoms with Gasteiger partial charge in [0.2, 0.25) is 11.7 Å². The molecule has 0 radical (unpaired) electrons. The highest BCUT2D eigenvalue weighted by Gasteiger charge is 2.18. The Morgan fingerprint density at radius 3 is 2.58 bits per heavy atom. The Morgan fingerprint density at radius 1 is 1.17 bits per heavy atom. The van der Waals surface area contributed by atoms with Crippen LogP contribution >= 0.6 is 11.6 Å². The zero-order valence-electron chi connectivity index (χ0n) is 13.3. The van der Waals surface area contributed by atoms with Gasteiger partial charge < -0.3 is 9.84 Å². The molecule has 0 bridgehead atoms. The van der Waals surface area contributed by atoms with Crippen LogP contribution < -0.4 is 5.32 Å². The predicted molar refractivity (Wildman–Crippen MR) is 91.8 cm³/mol. The molecule has 0 unspecified atom stereocenters. The molecule has 0 aliphatic carbocycles. The molecule has 0 saturated heterocycles. The monoisotopic (exact) mass is 341 g/mol. The first kappa shape index (κ1) is 16.2. The summed E-state index contributed by atoms with van der Waals surface area (Å²) in [5.74, 6) is 0.640. The van der Waals surface area contributed by atoms with Gasteiger partial charge in [-0.2, -0.15) is 4.98 Å². The van der Waals surface area contributed by atoms with Gasteiger partial charge in [-0.1, -0.05) is 41.0 Å². The van der Waals surface area contributed by atoms with Crippen LogP contribution in [-0.2, 0) is 0 Å². The fourth-order valence-electron chi connectivity index (χ4n) is 2.29. The number of halogens is 1. The van der Waals surface area contributed by atoms with Crippen LogP contribution in [0.3, 0.4) is 0 Å². The third-order valence-corrected chi connectivity index (χ3v) is 3.90. The van der Waals surface area contributed by atoms with Gasteiger partial charge in [0.25, 0.3) is 5.91 Å². The molecular formula is C18H16ClN3O2. The van der Waals surface area contributed by atoms with Crippen LogP contribution in [0.4, 0.5) is 0 Å². The van der Waals surface area contributed by atoms with Crippen LogP contribution in [0.5, 0.6) is 0 Å². The average molecular weight is 342 g/mol. The van der Waals surface area contributed by atoms with Crippen LogP contribution in [-0.4, -0.2) is 16.0 Å². The first-order chi connectivity index (χ1) is 11.5. The topological polar surface area (TPSA) is 68.0 Å². The maximum atomic E-state index is 12.2. The van der Waals surface area contributed by atoms with E-state index in [1.807, 2.05) is 31.2 Å². The van der Waals surface area contributed by atoms with Crippen molar-refractivity contribution in [3.05, 3.63) is 70.6 Å². The Labute approximate surface area is 144 Å². The minimum absolute atomic E-state index is 0.227. The summed E-state index contributed by atoms with van der Waals surface area (Å²) in [4.78, 5) is 16.6. The number of benzene rings is 2. The number of hydrogen-bond acceptors (Lipinski definition) is 4. The Balaban J connectivity index is 1.74. The van der Waals surface area contributed by atoms with Gasteiger partial charge in [-0.25, -0.2) is 0 Å². The van der Waals surface area contributed by atoms with Crippen LogP contribution in [0.1, 0.15) is 34.8 Å². The first-order valence-corrected chi connectivity index (χ1v) is 7.88. The minimum Gasteiger partial charge on any atom is -0.341 e. The third-order valence-electron chi connectivity index (χ3n) is 3.65. The predicted octanol–water partition coefficient (Wildman–Crippen LogP) is 4.19. The van der Waals surface area contributed by atoms with Crippen LogP contribution in [0.2, 0.25) is 5.02 Å². The lowest BCUT2D eigenvalue weighted by Crippen LogP contribution is -2.26. The smallest absolute Gasteiger partial charge is 0.251 e. The molecule has 0 saturated carbocycles. The standard InChI is InChI=1S/C18H16ClN3O2/c1-11-5-3-4-6-15(11)16-21-18(24-22-16)12(2)20-17(23)13-7-9-14(19)10-8-13/h3-10,12H,1-2H3,(H,20,23)/t12-/m0/s1. The molecular weight excluding hydrogens is 326 g/mol. The van der Waals surface area contributed by atoms with E-state index in [2.05, 4.69) is 15.5 Å². The summed E-state index contributed by atoms with van der Waals surface area (Å²) in [5.41, 5.74) is 2.48. The van der Waals surface area contributed by atoms with Crippen molar-refractivity contribution in [2.75, 3.05) is 0 Å². The number of aryl methyl sites for hydroxylation is 1. The largest absolute Gasteiger partial charge is 0.341 e. The highest BCUT2D eigenvalue weighted by Crippen LogP contribution is 2.22. The van der Waals surface area contributed by atoms with E-state index >= 15 is 0 Å². The summed E-state index contributed by atoms with van der Waals surface area (Å²) >= 11 is 5.83. The number of amides is 1. The molecule has 2 aromatic carbocycles. The first-order valence-electron chi connectivity index (χ1n) is 7.50. The van der Waals surface area contributed by atoms with E-state index in [1.54, 1.807) is 31.2 Å². The summed E-state index contributed by atoms with van der Waals surface area (Å²) in [6.45, 7) is 3.78. The molecule has 24 heavy (non-hydrogen) atoms. The molecule has 0 spiro atoms. The third kappa shape index (κ3) is 3.46. The number of nitrogens with zero attached hydrogens (tertiary/aromatic N) is 2. The summed E-state index contributed by atoms with van der Waals surface area (Å²) < 4.78 is 5.29. The number of rotatable bonds is 4. The van der Waals surface area contributed by atoms with Crippen molar-refractivity contribution in [1.29, 1.82) is 0 Å². The van der Waals surface area contributed by atoms with Crippen molar-refractivity contribution in [3.8, 4) is 11.4 Å². The molecule has 1 heterocycles. The van der Waals surface area contributed by atoms with Gasteiger partial charge in [0, 0.05) is 16.1 Å². The highest BCUT2D eigenvalue weighted by molar-refractivity contribution is 6.30. The van der Waals surface area contributed by atoms with E-state index < -0.39 is 6.04 Å². The van der Waals surface area contributed by atoms with E-state index in [1.165, 1.54) is 0 Å². The minimum atomic E-state index is -0.404. The van der Waals surface area contributed by atoms with Crippen LogP contribution in [0.25, 0.3) is 11.4 Å². The average Bonchev–Trinajstić information content (AvgIpc) is 3.05. The van der Waals surface area contributed by atoms with Crippen molar-refractivity contribution >= 4 is 17.5 Å². The SMILES string of the molecule is Cc1ccccc1-c1noc([C@H](C)NC(=O)c2ccc(Cl)cc2)n1. The number of hydrogen-bond donors (Lipinski definition) is 1. The maximum Gasteiger partial charge on any atom is 0.251 e. The molecule has 3 rings (SSSR count). The van der Waals surface area contributed by atoms with Gasteiger partial charge >= 0.3 is 0 Å². The second kappa shape index (κ2) is 6.84. The molecule has 6 heteroatoms. The second-order valence-corrected chi connectivity index (χ2v) is 5.91. The number of nitrogens with one attached hydrogen (secondary N) is 1. The molecule has 1 N–H and O–H groups in total. The van der Waals surface area contributed by atoms with E-state index in [0.29, 0.717) is 22.3 Å². The molecule has 0 fully saturated rings. The zero-order chi connectivity index (χ0) is 17.1. The van der Waals surface area contributed by atoms with Gasteiger partial charge in [0.05, 0.1) is 0 Å². The molecule has 0 aliphatic rings. The van der Waals surface area contributed by atoms with E-state index in [-0.39, 0.29) is 5.91 Å². The fraction of sp³-hybridized carbons (Fsp3) is 0.167. The quantitative estimate of drug-likeness (QED) is 0.772. The van der Waals surface area contributed by atoms with Crippen molar-refractivity contribution in [1.82, 2.24) is 15.5 Å². The molecule has 0 aliphatic heterocycles. The number of aromatic nitrogens is 2. The highest BCUT2D eigenvalue weighted by atomic mass is 35.5. The van der Waals surface area contributed by atoms with Gasteiger partial charge in [0.1, 0.15) is 6.04 Å². The molecule has 1 atom stereocenters. The van der Waals surface area contributed by atoms with Crippen molar-refractivity contribution in [2.45, 2.75) is 19.9 Å². The van der Waals surface area contributed by atoms with E-state index in [0.717, 1.165) is 11.1 Å². The van der Waals surface area contributed by atoms with Crippen molar-refractivity contribution in [2.24, 2.45) is 0 Å². The Kier molecular flexibility index (Phi) is 4.62. The van der Waals surface area contributed by atoms with E-state index in [9.17, 15) is 4.79 Å². The lowest BCUT2D eigenvalue weighted by Gasteiger charge is -2.09. The molecule has 1 amide bonds. The number of carbonyl (C=O) groups is 1. The molecule has 5 nitrogen and oxygen atoms in total. The van der Waals surface area contributed by atoms with Gasteiger partial charge in [-0.05, 0) is 43.7 Å². The van der Waals surface area contributed by atoms with Gasteiger partial charge in [-0.3, -0.25) is 4.79 Å². The lowest BCUT2D eigenvalue weighted by molar-refractivity contribution is 0.0932. The van der Waals surface area contributed by atoms with E-state index in [4.69, 9.17) is 16.1 Å². The Hall–Kier alpha value is -2.66. The summed E-state index contributed by atoms with van der Waals surface area (Å²) in [7, 11) is 0. The molecule has 1 aromatic heterocycles. The zero-order valence-corrected chi connectivity index (χ0v) is 14.0. The summed E-state index contributed by atoms with van der Waals surface area (Å²) in [6.07, 6.45) is 0. The van der Waals surface area contributed by atoms with Crippen LogP contribution in [0.15, 0.2) is 53.1 Å².